The second-order valence-electron chi connectivity index (χ2n) is 5.36. The van der Waals surface area contributed by atoms with Gasteiger partial charge in [-0.1, -0.05) is 30.3 Å². The molecule has 0 aliphatic heterocycles. The van der Waals surface area contributed by atoms with Gasteiger partial charge in [-0.2, -0.15) is 0 Å². The number of nitrogens with two attached hydrogens (primary N) is 1. The molecule has 0 aromatic heterocycles. The highest BCUT2D eigenvalue weighted by Crippen LogP contribution is 2.29. The van der Waals surface area contributed by atoms with Crippen LogP contribution in [0.5, 0.6) is 5.75 Å². The Bertz CT molecular complexity index is 654. The molecule has 0 saturated heterocycles. The van der Waals surface area contributed by atoms with E-state index in [2.05, 4.69) is 5.32 Å². The highest BCUT2D eigenvalue weighted by atomic mass is 16.3. The van der Waals surface area contributed by atoms with E-state index in [-0.39, 0.29) is 23.7 Å². The van der Waals surface area contributed by atoms with Crippen molar-refractivity contribution in [2.75, 3.05) is 0 Å². The number of hydrogen-bond donors (Lipinski definition) is 3. The first-order chi connectivity index (χ1) is 9.66. The molecule has 2 atom stereocenters. The van der Waals surface area contributed by atoms with E-state index in [4.69, 9.17) is 5.73 Å². The molecule has 0 bridgehead atoms. The topological polar surface area (TPSA) is 75.3 Å². The average Bonchev–Trinajstić information content (AvgIpc) is 2.85. The summed E-state index contributed by atoms with van der Waals surface area (Å²) in [5, 5.41) is 14.8. The summed E-state index contributed by atoms with van der Waals surface area (Å²) < 4.78 is 0. The maximum absolute atomic E-state index is 12.3. The number of hydrogen-bond acceptors (Lipinski definition) is 3. The predicted octanol–water partition coefficient (Wildman–Crippen LogP) is 2.16. The lowest BCUT2D eigenvalue weighted by molar-refractivity contribution is 0.0932. The first-order valence-corrected chi connectivity index (χ1v) is 6.94. The number of carbonyl (C=O) groups is 1. The Balaban J connectivity index is 1.89. The van der Waals surface area contributed by atoms with Crippen LogP contribution in [-0.2, 0) is 0 Å². The first-order valence-electron chi connectivity index (χ1n) is 6.94. The zero-order valence-electron chi connectivity index (χ0n) is 11.2. The quantitative estimate of drug-likeness (QED) is 0.782. The van der Waals surface area contributed by atoms with Crippen LogP contribution >= 0.6 is 0 Å². The third-order valence-electron chi connectivity index (χ3n) is 4.03. The normalized spacial score (nSPS) is 22.1. The van der Waals surface area contributed by atoms with Crippen molar-refractivity contribution in [1.82, 2.24) is 5.32 Å². The molecular formula is C16H18N2O2. The van der Waals surface area contributed by atoms with Crippen LogP contribution < -0.4 is 11.1 Å². The van der Waals surface area contributed by atoms with Gasteiger partial charge in [0.1, 0.15) is 5.75 Å². The van der Waals surface area contributed by atoms with Gasteiger partial charge in [0, 0.05) is 17.5 Å². The second-order valence-corrected chi connectivity index (χ2v) is 5.36. The summed E-state index contributed by atoms with van der Waals surface area (Å²) in [6, 6.07) is 11.0. The minimum Gasteiger partial charge on any atom is -0.506 e. The molecule has 4 nitrogen and oxygen atoms in total. The molecular weight excluding hydrogens is 252 g/mol. The van der Waals surface area contributed by atoms with Gasteiger partial charge in [0.25, 0.3) is 5.91 Å². The smallest absolute Gasteiger partial charge is 0.255 e. The van der Waals surface area contributed by atoms with Crippen molar-refractivity contribution in [2.45, 2.75) is 31.3 Å². The van der Waals surface area contributed by atoms with E-state index < -0.39 is 0 Å². The summed E-state index contributed by atoms with van der Waals surface area (Å²) in [7, 11) is 0. The molecule has 1 aliphatic carbocycles. The highest BCUT2D eigenvalue weighted by Gasteiger charge is 2.26. The summed E-state index contributed by atoms with van der Waals surface area (Å²) in [6.07, 6.45) is 2.88. The van der Waals surface area contributed by atoms with Crippen LogP contribution in [0.4, 0.5) is 0 Å². The van der Waals surface area contributed by atoms with E-state index >= 15 is 0 Å². The molecule has 20 heavy (non-hydrogen) atoms. The van der Waals surface area contributed by atoms with E-state index in [1.807, 2.05) is 30.3 Å². The Morgan fingerprint density at radius 1 is 1.20 bits per heavy atom. The summed E-state index contributed by atoms with van der Waals surface area (Å²) >= 11 is 0. The Morgan fingerprint density at radius 2 is 2.00 bits per heavy atom. The zero-order chi connectivity index (χ0) is 14.1. The number of nitrogens with one attached hydrogen (secondary N) is 1. The molecule has 3 rings (SSSR count). The van der Waals surface area contributed by atoms with Crippen LogP contribution in [-0.4, -0.2) is 23.1 Å². The maximum atomic E-state index is 12.3. The van der Waals surface area contributed by atoms with E-state index in [0.29, 0.717) is 10.9 Å². The molecule has 0 heterocycles. The molecule has 2 aromatic rings. The second kappa shape index (κ2) is 5.13. The van der Waals surface area contributed by atoms with Gasteiger partial charge < -0.3 is 16.2 Å². The lowest BCUT2D eigenvalue weighted by Gasteiger charge is -2.18. The van der Waals surface area contributed by atoms with Crippen LogP contribution in [0.1, 0.15) is 29.6 Å². The summed E-state index contributed by atoms with van der Waals surface area (Å²) in [6.45, 7) is 0. The maximum Gasteiger partial charge on any atom is 0.255 e. The van der Waals surface area contributed by atoms with Gasteiger partial charge in [-0.25, -0.2) is 0 Å². The highest BCUT2D eigenvalue weighted by molar-refractivity contribution is 6.03. The summed E-state index contributed by atoms with van der Waals surface area (Å²) in [4.78, 5) is 12.3. The van der Waals surface area contributed by atoms with Crippen molar-refractivity contribution in [3.63, 3.8) is 0 Å². The number of amides is 1. The molecule has 1 fully saturated rings. The fourth-order valence-corrected chi connectivity index (χ4v) is 2.85. The molecule has 0 spiro atoms. The van der Waals surface area contributed by atoms with Gasteiger partial charge in [0.05, 0.1) is 5.56 Å². The van der Waals surface area contributed by atoms with Crippen LogP contribution in [0.2, 0.25) is 0 Å². The van der Waals surface area contributed by atoms with Gasteiger partial charge in [0.2, 0.25) is 0 Å². The van der Waals surface area contributed by atoms with Crippen molar-refractivity contribution in [1.29, 1.82) is 0 Å². The molecule has 4 heteroatoms. The lowest BCUT2D eigenvalue weighted by Crippen LogP contribution is -2.43. The molecule has 4 N–H and O–H groups in total. The summed E-state index contributed by atoms with van der Waals surface area (Å²) in [5.74, 6) is -0.220. The number of phenolic OH excluding ortho intramolecular Hbond substituents is 1. The zero-order valence-corrected chi connectivity index (χ0v) is 11.2. The van der Waals surface area contributed by atoms with E-state index in [9.17, 15) is 9.90 Å². The molecule has 1 saturated carbocycles. The van der Waals surface area contributed by atoms with E-state index in [0.717, 1.165) is 24.6 Å². The Kier molecular flexibility index (Phi) is 3.32. The Morgan fingerprint density at radius 3 is 2.75 bits per heavy atom. The standard InChI is InChI=1S/C16H18N2O2/c17-13-6-3-7-14(13)18-16(20)12-9-8-10-4-1-2-5-11(10)15(12)19/h1-2,4-5,8-9,13-14,19H,3,6-7,17H2,(H,18,20). The third kappa shape index (κ3) is 2.23. The lowest BCUT2D eigenvalue weighted by atomic mass is 10.0. The SMILES string of the molecule is NC1CCCC1NC(=O)c1ccc2ccccc2c1O. The third-order valence-corrected chi connectivity index (χ3v) is 4.03. The average molecular weight is 270 g/mol. The monoisotopic (exact) mass is 270 g/mol. The van der Waals surface area contributed by atoms with E-state index in [1.165, 1.54) is 0 Å². The number of aromatic hydroxyl groups is 1. The van der Waals surface area contributed by atoms with Gasteiger partial charge >= 0.3 is 0 Å². The van der Waals surface area contributed by atoms with Crippen molar-refractivity contribution >= 4 is 16.7 Å². The van der Waals surface area contributed by atoms with Crippen molar-refractivity contribution in [2.24, 2.45) is 5.73 Å². The Hall–Kier alpha value is -2.07. The van der Waals surface area contributed by atoms with Crippen LogP contribution in [0, 0.1) is 0 Å². The largest absolute Gasteiger partial charge is 0.506 e. The van der Waals surface area contributed by atoms with Crippen LogP contribution in [0.3, 0.4) is 0 Å². The van der Waals surface area contributed by atoms with Gasteiger partial charge in [-0.15, -0.1) is 0 Å². The van der Waals surface area contributed by atoms with Crippen molar-refractivity contribution in [3.8, 4) is 5.75 Å². The number of carbonyl (C=O) groups excluding carboxylic acids is 1. The van der Waals surface area contributed by atoms with Crippen molar-refractivity contribution < 1.29 is 9.90 Å². The summed E-state index contributed by atoms with van der Waals surface area (Å²) in [5.41, 5.74) is 6.26. The van der Waals surface area contributed by atoms with Gasteiger partial charge in [-0.3, -0.25) is 4.79 Å². The molecule has 2 unspecified atom stereocenters. The number of benzene rings is 2. The fourth-order valence-electron chi connectivity index (χ4n) is 2.85. The van der Waals surface area contributed by atoms with Gasteiger partial charge in [-0.05, 0) is 30.7 Å². The van der Waals surface area contributed by atoms with Crippen LogP contribution in [0.15, 0.2) is 36.4 Å². The number of rotatable bonds is 2. The first kappa shape index (κ1) is 12.9. The Labute approximate surface area is 117 Å². The van der Waals surface area contributed by atoms with Gasteiger partial charge in [0.15, 0.2) is 0 Å². The van der Waals surface area contributed by atoms with E-state index in [1.54, 1.807) is 6.07 Å². The number of phenols is 1. The molecule has 1 amide bonds. The molecule has 2 aromatic carbocycles. The molecule has 104 valence electrons. The minimum absolute atomic E-state index is 0.00775. The minimum atomic E-state index is -0.254. The van der Waals surface area contributed by atoms with Crippen molar-refractivity contribution in [3.05, 3.63) is 42.0 Å². The number of fused-ring (bicyclic) bond motifs is 1. The predicted molar refractivity (Wildman–Crippen MR) is 78.7 cm³/mol. The molecule has 0 radical (unpaired) electrons. The van der Waals surface area contributed by atoms with Crippen LogP contribution in [0.25, 0.3) is 10.8 Å². The molecule has 1 aliphatic rings. The fraction of sp³-hybridized carbons (Fsp3) is 0.312.